The van der Waals surface area contributed by atoms with E-state index in [1.807, 2.05) is 0 Å². The van der Waals surface area contributed by atoms with E-state index in [4.69, 9.17) is 0 Å². The minimum atomic E-state index is -0.220. The maximum absolute atomic E-state index is 12.0. The smallest absolute Gasteiger partial charge is 0.259 e. The summed E-state index contributed by atoms with van der Waals surface area (Å²) in [5, 5.41) is 5.20. The molecule has 0 spiro atoms. The first-order chi connectivity index (χ1) is 10.5. The molecule has 0 radical (unpaired) electrons. The minimum absolute atomic E-state index is 0.220. The first kappa shape index (κ1) is 18.6. The summed E-state index contributed by atoms with van der Waals surface area (Å²) in [6, 6.07) is 0. The molecule has 22 heavy (non-hydrogen) atoms. The fraction of sp³-hybridized carbons (Fsp3) is 0.333. The highest BCUT2D eigenvalue weighted by Crippen LogP contribution is 2.63. The van der Waals surface area contributed by atoms with Gasteiger partial charge in [-0.25, -0.2) is 0 Å². The maximum atomic E-state index is 12.0. The van der Waals surface area contributed by atoms with Gasteiger partial charge in [-0.2, -0.15) is 0 Å². The molecule has 2 aliphatic rings. The number of hydrogen-bond donors (Lipinski definition) is 2. The molecule has 10 heteroatoms. The molecule has 0 bridgehead atoms. The van der Waals surface area contributed by atoms with Gasteiger partial charge in [-0.05, 0) is 12.5 Å². The lowest BCUT2D eigenvalue weighted by Gasteiger charge is -2.02. The average molecular weight is 411 g/mol. The highest BCUT2D eigenvalue weighted by atomic mass is 32.3. The molecule has 0 aromatic carbocycles. The second kappa shape index (κ2) is 8.39. The SMILES string of the molecule is CNC(=O)C1=C(C(=O)NC)SC(=C2SC(SC)=C(SC)S2)S1. The zero-order valence-electron chi connectivity index (χ0n) is 12.3. The molecule has 0 aromatic rings. The summed E-state index contributed by atoms with van der Waals surface area (Å²) in [6.45, 7) is 0. The summed E-state index contributed by atoms with van der Waals surface area (Å²) in [5.74, 6) is -0.439. The molecule has 0 aliphatic carbocycles. The predicted octanol–water partition coefficient (Wildman–Crippen LogP) is 3.63. The predicted molar refractivity (Wildman–Crippen MR) is 107 cm³/mol. The van der Waals surface area contributed by atoms with Crippen molar-refractivity contribution in [2.45, 2.75) is 0 Å². The van der Waals surface area contributed by atoms with Crippen molar-refractivity contribution in [1.82, 2.24) is 10.6 Å². The standard InChI is InChI=1S/C12H14N2O2S6/c1-13-7(15)5-6(8(16)14-2)20-11(19-5)12-21-9(17-3)10(18-4)22-12/h1-4H3,(H,13,15)(H,14,16). The zero-order valence-corrected chi connectivity index (χ0v) is 17.2. The van der Waals surface area contributed by atoms with Crippen molar-refractivity contribution in [3.8, 4) is 0 Å². The topological polar surface area (TPSA) is 58.2 Å². The van der Waals surface area contributed by atoms with Gasteiger partial charge in [-0.1, -0.05) is 47.0 Å². The third-order valence-corrected chi connectivity index (χ3v) is 10.9. The second-order valence-electron chi connectivity index (χ2n) is 3.78. The van der Waals surface area contributed by atoms with Gasteiger partial charge in [0.15, 0.2) is 0 Å². The van der Waals surface area contributed by atoms with Crippen LogP contribution in [0.15, 0.2) is 26.8 Å². The van der Waals surface area contributed by atoms with Gasteiger partial charge in [0.05, 0.1) is 26.8 Å². The number of amides is 2. The van der Waals surface area contributed by atoms with Crippen LogP contribution in [0.25, 0.3) is 0 Å². The molecule has 0 saturated heterocycles. The Labute approximate surface area is 155 Å². The van der Waals surface area contributed by atoms with Gasteiger partial charge >= 0.3 is 0 Å². The number of carbonyl (C=O) groups is 2. The fourth-order valence-electron chi connectivity index (χ4n) is 1.51. The van der Waals surface area contributed by atoms with Crippen LogP contribution in [0.4, 0.5) is 0 Å². The van der Waals surface area contributed by atoms with Crippen molar-refractivity contribution in [1.29, 1.82) is 0 Å². The van der Waals surface area contributed by atoms with Crippen LogP contribution in [0.1, 0.15) is 0 Å². The Balaban J connectivity index is 2.27. The van der Waals surface area contributed by atoms with Crippen LogP contribution in [-0.4, -0.2) is 38.4 Å². The van der Waals surface area contributed by atoms with Crippen LogP contribution in [0.2, 0.25) is 0 Å². The van der Waals surface area contributed by atoms with Crippen molar-refractivity contribution in [2.24, 2.45) is 0 Å². The molecule has 2 heterocycles. The van der Waals surface area contributed by atoms with Crippen molar-refractivity contribution < 1.29 is 9.59 Å². The van der Waals surface area contributed by atoms with Gasteiger partial charge in [0, 0.05) is 14.1 Å². The van der Waals surface area contributed by atoms with Crippen molar-refractivity contribution in [2.75, 3.05) is 26.6 Å². The summed E-state index contributed by atoms with van der Waals surface area (Å²) >= 11 is 9.65. The Morgan fingerprint density at radius 3 is 1.45 bits per heavy atom. The summed E-state index contributed by atoms with van der Waals surface area (Å²) in [5.41, 5.74) is 0. The number of nitrogens with one attached hydrogen (secondary N) is 2. The highest BCUT2D eigenvalue weighted by Gasteiger charge is 2.34. The van der Waals surface area contributed by atoms with Crippen molar-refractivity contribution >= 4 is 82.4 Å². The molecule has 4 nitrogen and oxygen atoms in total. The summed E-state index contributed by atoms with van der Waals surface area (Å²) in [4.78, 5) is 25.0. The molecule has 2 N–H and O–H groups in total. The zero-order chi connectivity index (χ0) is 16.3. The number of likely N-dealkylation sites (N-methyl/N-ethyl adjacent to an activating group) is 2. The minimum Gasteiger partial charge on any atom is -0.355 e. The summed E-state index contributed by atoms with van der Waals surface area (Å²) in [6.07, 6.45) is 4.12. The molecule has 2 aliphatic heterocycles. The Morgan fingerprint density at radius 2 is 1.14 bits per heavy atom. The van der Waals surface area contributed by atoms with E-state index in [-0.39, 0.29) is 11.8 Å². The molecular weight excluding hydrogens is 397 g/mol. The molecule has 2 rings (SSSR count). The Kier molecular flexibility index (Phi) is 7.09. The molecule has 0 fully saturated rings. The number of hydrogen-bond acceptors (Lipinski definition) is 8. The van der Waals surface area contributed by atoms with E-state index in [1.54, 1.807) is 61.1 Å². The van der Waals surface area contributed by atoms with E-state index in [0.29, 0.717) is 9.81 Å². The summed E-state index contributed by atoms with van der Waals surface area (Å²) in [7, 11) is 3.15. The number of thioether (sulfide) groups is 6. The van der Waals surface area contributed by atoms with Gasteiger partial charge in [-0.3, -0.25) is 9.59 Å². The first-order valence-corrected chi connectivity index (χ1v) is 11.7. The largest absolute Gasteiger partial charge is 0.355 e. The van der Waals surface area contributed by atoms with Gasteiger partial charge < -0.3 is 10.6 Å². The van der Waals surface area contributed by atoms with Crippen LogP contribution in [0.5, 0.6) is 0 Å². The lowest BCUT2D eigenvalue weighted by Crippen LogP contribution is -2.23. The average Bonchev–Trinajstić information content (AvgIpc) is 3.16. The van der Waals surface area contributed by atoms with Crippen LogP contribution in [0.3, 0.4) is 0 Å². The first-order valence-electron chi connectivity index (χ1n) is 6.02. The molecule has 2 amide bonds. The molecule has 0 atom stereocenters. The Bertz CT molecular complexity index is 563. The molecule has 120 valence electrons. The van der Waals surface area contributed by atoms with E-state index in [2.05, 4.69) is 23.1 Å². The van der Waals surface area contributed by atoms with Crippen LogP contribution in [-0.2, 0) is 9.59 Å². The lowest BCUT2D eigenvalue weighted by atomic mass is 10.4. The third kappa shape index (κ3) is 3.84. The van der Waals surface area contributed by atoms with E-state index in [9.17, 15) is 9.59 Å². The van der Waals surface area contributed by atoms with E-state index in [1.165, 1.54) is 32.0 Å². The number of rotatable bonds is 4. The molecule has 0 saturated carbocycles. The molecule has 0 unspecified atom stereocenters. The third-order valence-electron chi connectivity index (χ3n) is 2.54. The normalized spacial score (nSPS) is 18.4. The van der Waals surface area contributed by atoms with Crippen LogP contribution < -0.4 is 10.6 Å². The Hall–Kier alpha value is 0.260. The summed E-state index contributed by atoms with van der Waals surface area (Å²) < 4.78 is 4.69. The molecule has 0 aromatic heterocycles. The van der Waals surface area contributed by atoms with Crippen LogP contribution in [0, 0.1) is 0 Å². The lowest BCUT2D eigenvalue weighted by molar-refractivity contribution is -0.118. The van der Waals surface area contributed by atoms with Gasteiger partial charge in [0.25, 0.3) is 11.8 Å². The van der Waals surface area contributed by atoms with Gasteiger partial charge in [0.1, 0.15) is 0 Å². The van der Waals surface area contributed by atoms with Crippen molar-refractivity contribution in [3.05, 3.63) is 26.8 Å². The quantitative estimate of drug-likeness (QED) is 0.729. The monoisotopic (exact) mass is 410 g/mol. The fourth-order valence-corrected chi connectivity index (χ4v) is 9.38. The van der Waals surface area contributed by atoms with Crippen molar-refractivity contribution in [3.63, 3.8) is 0 Å². The van der Waals surface area contributed by atoms with Gasteiger partial charge in [0.2, 0.25) is 0 Å². The van der Waals surface area contributed by atoms with E-state index in [0.717, 1.165) is 8.47 Å². The van der Waals surface area contributed by atoms with E-state index >= 15 is 0 Å². The highest BCUT2D eigenvalue weighted by molar-refractivity contribution is 8.42. The second-order valence-corrected chi connectivity index (χ2v) is 10.5. The maximum Gasteiger partial charge on any atom is 0.259 e. The number of carbonyl (C=O) groups excluding carboxylic acids is 2. The van der Waals surface area contributed by atoms with Gasteiger partial charge in [-0.15, -0.1) is 23.5 Å². The molecular formula is C12H14N2O2S6. The van der Waals surface area contributed by atoms with E-state index < -0.39 is 0 Å². The Morgan fingerprint density at radius 1 is 0.773 bits per heavy atom. The van der Waals surface area contributed by atoms with Crippen LogP contribution >= 0.6 is 70.6 Å².